The van der Waals surface area contributed by atoms with Gasteiger partial charge in [-0.15, -0.1) is 0 Å². The molecule has 0 amide bonds. The standard InChI is InChI=1S/C16H12N2O3/c19-15-12-6-1-2-7-14(12)21-16(20)13(15)10-17-9-11-5-3-4-8-18-11/h1-8,10,13H,9H2/t13-/m1/s1. The van der Waals surface area contributed by atoms with E-state index >= 15 is 0 Å². The minimum atomic E-state index is -0.983. The molecule has 2 aromatic rings. The number of nitrogens with zero attached hydrogens (tertiary/aromatic N) is 2. The largest absolute Gasteiger partial charge is 0.425 e. The molecule has 0 radical (unpaired) electrons. The molecular formula is C16H12N2O3. The average Bonchev–Trinajstić information content (AvgIpc) is 2.51. The molecule has 1 aliphatic rings. The molecule has 0 N–H and O–H groups in total. The van der Waals surface area contributed by atoms with Crippen molar-refractivity contribution >= 4 is 18.0 Å². The number of rotatable bonds is 3. The fraction of sp³-hybridized carbons (Fsp3) is 0.125. The molecule has 0 bridgehead atoms. The maximum atomic E-state index is 12.3. The molecule has 1 atom stereocenters. The van der Waals surface area contributed by atoms with Crippen LogP contribution in [-0.4, -0.2) is 23.0 Å². The number of benzene rings is 1. The number of pyridine rings is 1. The molecule has 21 heavy (non-hydrogen) atoms. The number of carbonyl (C=O) groups is 2. The minimum Gasteiger partial charge on any atom is -0.425 e. The van der Waals surface area contributed by atoms with Gasteiger partial charge in [0, 0.05) is 12.4 Å². The van der Waals surface area contributed by atoms with Crippen molar-refractivity contribution in [3.8, 4) is 5.75 Å². The fourth-order valence-corrected chi connectivity index (χ4v) is 2.08. The number of hydrogen-bond donors (Lipinski definition) is 0. The molecule has 0 saturated heterocycles. The number of carbonyl (C=O) groups excluding carboxylic acids is 2. The molecule has 104 valence electrons. The van der Waals surface area contributed by atoms with E-state index < -0.39 is 11.9 Å². The van der Waals surface area contributed by atoms with Gasteiger partial charge in [0.15, 0.2) is 11.7 Å². The SMILES string of the molecule is O=C1Oc2ccccc2C(=O)[C@H]1C=NCc1ccccn1. The summed E-state index contributed by atoms with van der Waals surface area (Å²) >= 11 is 0. The Labute approximate surface area is 121 Å². The van der Waals surface area contributed by atoms with Crippen LogP contribution in [0.3, 0.4) is 0 Å². The van der Waals surface area contributed by atoms with E-state index in [9.17, 15) is 9.59 Å². The Hall–Kier alpha value is -2.82. The van der Waals surface area contributed by atoms with E-state index in [-0.39, 0.29) is 5.78 Å². The van der Waals surface area contributed by atoms with Crippen molar-refractivity contribution in [3.05, 3.63) is 59.9 Å². The lowest BCUT2D eigenvalue weighted by molar-refractivity contribution is -0.135. The minimum absolute atomic E-state index is 0.286. The summed E-state index contributed by atoms with van der Waals surface area (Å²) in [5.74, 6) is -1.56. The summed E-state index contributed by atoms with van der Waals surface area (Å²) in [6.07, 6.45) is 3.01. The van der Waals surface area contributed by atoms with E-state index in [2.05, 4.69) is 9.98 Å². The Morgan fingerprint density at radius 2 is 1.95 bits per heavy atom. The van der Waals surface area contributed by atoms with Gasteiger partial charge in [0.25, 0.3) is 0 Å². The van der Waals surface area contributed by atoms with E-state index in [1.807, 2.05) is 18.2 Å². The van der Waals surface area contributed by atoms with Crippen molar-refractivity contribution < 1.29 is 14.3 Å². The van der Waals surface area contributed by atoms with E-state index in [1.165, 1.54) is 6.21 Å². The Kier molecular flexibility index (Phi) is 3.55. The molecule has 1 aliphatic heterocycles. The average molecular weight is 280 g/mol. The molecule has 0 spiro atoms. The van der Waals surface area contributed by atoms with Crippen molar-refractivity contribution in [2.45, 2.75) is 6.54 Å². The van der Waals surface area contributed by atoms with Crippen molar-refractivity contribution in [2.75, 3.05) is 0 Å². The highest BCUT2D eigenvalue weighted by Crippen LogP contribution is 2.26. The second kappa shape index (κ2) is 5.66. The van der Waals surface area contributed by atoms with Crippen molar-refractivity contribution in [2.24, 2.45) is 10.9 Å². The molecule has 0 aliphatic carbocycles. The Balaban J connectivity index is 1.77. The number of para-hydroxylation sites is 1. The van der Waals surface area contributed by atoms with Crippen LogP contribution in [0.2, 0.25) is 0 Å². The highest BCUT2D eigenvalue weighted by atomic mass is 16.5. The summed E-state index contributed by atoms with van der Waals surface area (Å²) in [6.45, 7) is 0.319. The second-order valence-electron chi connectivity index (χ2n) is 4.57. The number of Topliss-reactive ketones (excluding diaryl/α,β-unsaturated/α-hetero) is 1. The van der Waals surface area contributed by atoms with Gasteiger partial charge in [0.05, 0.1) is 17.8 Å². The Bertz CT molecular complexity index is 710. The van der Waals surface area contributed by atoms with E-state index in [0.717, 1.165) is 5.69 Å². The number of aromatic nitrogens is 1. The first kappa shape index (κ1) is 13.2. The van der Waals surface area contributed by atoms with Gasteiger partial charge in [-0.2, -0.15) is 0 Å². The zero-order chi connectivity index (χ0) is 14.7. The van der Waals surface area contributed by atoms with Gasteiger partial charge in [-0.3, -0.25) is 19.6 Å². The molecule has 0 unspecified atom stereocenters. The maximum absolute atomic E-state index is 12.3. The molecule has 1 aromatic carbocycles. The van der Waals surface area contributed by atoms with Crippen LogP contribution < -0.4 is 4.74 Å². The van der Waals surface area contributed by atoms with Gasteiger partial charge < -0.3 is 4.74 Å². The molecular weight excluding hydrogens is 268 g/mol. The molecule has 0 saturated carbocycles. The van der Waals surface area contributed by atoms with Gasteiger partial charge in [0.2, 0.25) is 0 Å². The first-order valence-corrected chi connectivity index (χ1v) is 6.50. The predicted molar refractivity (Wildman–Crippen MR) is 76.3 cm³/mol. The smallest absolute Gasteiger partial charge is 0.327 e. The van der Waals surface area contributed by atoms with Crippen molar-refractivity contribution in [3.63, 3.8) is 0 Å². The quantitative estimate of drug-likeness (QED) is 0.373. The van der Waals surface area contributed by atoms with Crippen LogP contribution in [0.5, 0.6) is 5.75 Å². The van der Waals surface area contributed by atoms with E-state index in [4.69, 9.17) is 4.74 Å². The third-order valence-corrected chi connectivity index (χ3v) is 3.13. The summed E-state index contributed by atoms with van der Waals surface area (Å²) in [5, 5.41) is 0. The van der Waals surface area contributed by atoms with Gasteiger partial charge in [-0.1, -0.05) is 18.2 Å². The van der Waals surface area contributed by atoms with Gasteiger partial charge in [0.1, 0.15) is 5.75 Å². The monoisotopic (exact) mass is 280 g/mol. The molecule has 2 heterocycles. The summed E-state index contributed by atoms with van der Waals surface area (Å²) in [6, 6.07) is 12.2. The topological polar surface area (TPSA) is 68.6 Å². The number of fused-ring (bicyclic) bond motifs is 1. The number of ketones is 1. The third kappa shape index (κ3) is 2.72. The number of ether oxygens (including phenoxy) is 1. The van der Waals surface area contributed by atoms with Gasteiger partial charge >= 0.3 is 5.97 Å². The highest BCUT2D eigenvalue weighted by molar-refractivity contribution is 6.21. The normalized spacial score (nSPS) is 17.6. The number of esters is 1. The lowest BCUT2D eigenvalue weighted by Gasteiger charge is -2.19. The molecule has 0 fully saturated rings. The molecule has 3 rings (SSSR count). The lowest BCUT2D eigenvalue weighted by Crippen LogP contribution is -2.34. The Morgan fingerprint density at radius 3 is 2.76 bits per heavy atom. The van der Waals surface area contributed by atoms with Crippen LogP contribution in [-0.2, 0) is 11.3 Å². The predicted octanol–water partition coefficient (Wildman–Crippen LogP) is 2.07. The summed E-state index contributed by atoms with van der Waals surface area (Å²) in [5.41, 5.74) is 1.18. The zero-order valence-electron chi connectivity index (χ0n) is 11.1. The molecule has 1 aromatic heterocycles. The molecule has 5 heteroatoms. The summed E-state index contributed by atoms with van der Waals surface area (Å²) in [4.78, 5) is 32.4. The number of hydrogen-bond acceptors (Lipinski definition) is 5. The van der Waals surface area contributed by atoms with Crippen molar-refractivity contribution in [1.82, 2.24) is 4.98 Å². The van der Waals surface area contributed by atoms with Gasteiger partial charge in [-0.25, -0.2) is 0 Å². The van der Waals surface area contributed by atoms with E-state index in [1.54, 1.807) is 30.5 Å². The van der Waals surface area contributed by atoms with E-state index in [0.29, 0.717) is 17.9 Å². The zero-order valence-corrected chi connectivity index (χ0v) is 11.1. The molecule has 5 nitrogen and oxygen atoms in total. The van der Waals surface area contributed by atoms with Crippen LogP contribution in [0.4, 0.5) is 0 Å². The van der Waals surface area contributed by atoms with Crippen LogP contribution in [0.25, 0.3) is 0 Å². The second-order valence-corrected chi connectivity index (χ2v) is 4.57. The van der Waals surface area contributed by atoms with Gasteiger partial charge in [-0.05, 0) is 24.3 Å². The third-order valence-electron chi connectivity index (χ3n) is 3.13. The fourth-order valence-electron chi connectivity index (χ4n) is 2.08. The van der Waals surface area contributed by atoms with Crippen LogP contribution in [0.1, 0.15) is 16.1 Å². The van der Waals surface area contributed by atoms with Crippen LogP contribution in [0, 0.1) is 5.92 Å². The first-order chi connectivity index (χ1) is 10.3. The highest BCUT2D eigenvalue weighted by Gasteiger charge is 2.34. The first-order valence-electron chi connectivity index (χ1n) is 6.50. The van der Waals surface area contributed by atoms with Crippen molar-refractivity contribution in [1.29, 1.82) is 0 Å². The maximum Gasteiger partial charge on any atom is 0.327 e. The van der Waals surface area contributed by atoms with Crippen LogP contribution >= 0.6 is 0 Å². The summed E-state index contributed by atoms with van der Waals surface area (Å²) < 4.78 is 5.15. The Morgan fingerprint density at radius 1 is 1.14 bits per heavy atom. The van der Waals surface area contributed by atoms with Crippen LogP contribution in [0.15, 0.2) is 53.7 Å². The summed E-state index contributed by atoms with van der Waals surface area (Å²) in [7, 11) is 0. The number of aliphatic imine (C=N–C) groups is 1. The lowest BCUT2D eigenvalue weighted by atomic mass is 9.95.